The molecule has 0 fully saturated rings. The maximum Gasteiger partial charge on any atom is 0.636 e. The SMILES string of the molecule is Fc1c(F)c(F)c(-c2c(F)c(F)c(F)c(F)c2OB(Oc2c(F)c(F)c(F)c(F)c2-c2c(F)c(F)c(F)c(F)c2F)c2c(F)c(F)c(F)c3c(F)c(F)c(F)c(F)c23)c(F)c1F. The molecule has 0 aliphatic heterocycles. The van der Waals surface area contributed by atoms with Gasteiger partial charge in [-0.15, -0.1) is 0 Å². The van der Waals surface area contributed by atoms with Crippen molar-refractivity contribution < 1.29 is 119 Å². The summed E-state index contributed by atoms with van der Waals surface area (Å²) in [6, 6.07) is 0. The first-order chi connectivity index (χ1) is 28.7. The van der Waals surface area contributed by atoms with E-state index in [0.717, 1.165) is 0 Å². The van der Waals surface area contributed by atoms with Gasteiger partial charge >= 0.3 is 7.12 Å². The minimum Gasteiger partial charge on any atom is -0.519 e. The van der Waals surface area contributed by atoms with Gasteiger partial charge in [0.05, 0.1) is 33.1 Å². The van der Waals surface area contributed by atoms with E-state index in [1.165, 1.54) is 0 Å². The number of hydrogen-bond donors (Lipinski definition) is 0. The maximum absolute atomic E-state index is 15.8. The summed E-state index contributed by atoms with van der Waals surface area (Å²) in [7, 11) is -4.66. The largest absolute Gasteiger partial charge is 0.636 e. The van der Waals surface area contributed by atoms with Crippen LogP contribution in [0.5, 0.6) is 11.5 Å². The molecule has 0 radical (unpaired) electrons. The molecule has 0 atom stereocenters. The number of rotatable bonds is 7. The van der Waals surface area contributed by atoms with Gasteiger partial charge in [-0.05, 0) is 0 Å². The lowest BCUT2D eigenvalue weighted by Gasteiger charge is -2.24. The van der Waals surface area contributed by atoms with Gasteiger partial charge in [-0.25, -0.2) is 101 Å². The second-order valence-corrected chi connectivity index (χ2v) is 11.7. The molecule has 6 rings (SSSR count). The van der Waals surface area contributed by atoms with Crippen LogP contribution in [-0.2, 0) is 0 Å². The molecule has 0 bridgehead atoms. The zero-order chi connectivity index (χ0) is 46.6. The van der Waals surface area contributed by atoms with Crippen LogP contribution in [0, 0.1) is 145 Å². The Morgan fingerprint density at radius 1 is 0.194 bits per heavy atom. The highest BCUT2D eigenvalue weighted by Crippen LogP contribution is 2.46. The van der Waals surface area contributed by atoms with Crippen LogP contribution in [0.2, 0.25) is 0 Å². The average molecular weight is 926 g/mol. The van der Waals surface area contributed by atoms with Crippen molar-refractivity contribution in [2.45, 2.75) is 0 Å². The zero-order valence-corrected chi connectivity index (χ0v) is 27.8. The maximum atomic E-state index is 15.8. The third kappa shape index (κ3) is 6.26. The first-order valence-electron chi connectivity index (χ1n) is 15.1. The van der Waals surface area contributed by atoms with E-state index in [0.29, 0.717) is 0 Å². The minimum atomic E-state index is -4.66. The number of fused-ring (bicyclic) bond motifs is 1. The molecule has 2 nitrogen and oxygen atoms in total. The van der Waals surface area contributed by atoms with Gasteiger partial charge in [-0.1, -0.05) is 0 Å². The first-order valence-corrected chi connectivity index (χ1v) is 15.1. The summed E-state index contributed by atoms with van der Waals surface area (Å²) < 4.78 is 379. The van der Waals surface area contributed by atoms with Gasteiger partial charge in [-0.3, -0.25) is 0 Å². The Morgan fingerprint density at radius 2 is 0.403 bits per heavy atom. The van der Waals surface area contributed by atoms with E-state index in [9.17, 15) is 79.0 Å². The first kappa shape index (κ1) is 45.0. The van der Waals surface area contributed by atoms with Crippen LogP contribution in [0.3, 0.4) is 0 Å². The summed E-state index contributed by atoms with van der Waals surface area (Å²) in [5.74, 6) is -88.9. The van der Waals surface area contributed by atoms with E-state index in [2.05, 4.69) is 9.31 Å². The van der Waals surface area contributed by atoms with Crippen molar-refractivity contribution >= 4 is 23.4 Å². The van der Waals surface area contributed by atoms with Gasteiger partial charge in [0, 0.05) is 5.39 Å². The highest BCUT2D eigenvalue weighted by Gasteiger charge is 2.45. The fourth-order valence-electron chi connectivity index (χ4n) is 5.64. The van der Waals surface area contributed by atoms with E-state index in [1.54, 1.807) is 0 Å². The van der Waals surface area contributed by atoms with Crippen LogP contribution in [-0.4, -0.2) is 7.12 Å². The minimum absolute atomic E-state index is 2.75. The summed E-state index contributed by atoms with van der Waals surface area (Å²) in [6.07, 6.45) is 0. The molecule has 6 aromatic carbocycles. The van der Waals surface area contributed by atoms with Gasteiger partial charge in [0.2, 0.25) is 34.9 Å². The highest BCUT2D eigenvalue weighted by atomic mass is 19.2. The van der Waals surface area contributed by atoms with Crippen molar-refractivity contribution in [1.82, 2.24) is 0 Å². The Labute approximate surface area is 322 Å². The van der Waals surface area contributed by atoms with Crippen LogP contribution in [0.15, 0.2) is 0 Å². The molecule has 62 heavy (non-hydrogen) atoms. The molecular formula is C34BF25O2. The quantitative estimate of drug-likeness (QED) is 0.0687. The van der Waals surface area contributed by atoms with Crippen molar-refractivity contribution in [3.05, 3.63) is 145 Å². The Balaban J connectivity index is 1.86. The molecule has 326 valence electrons. The normalized spacial score (nSPS) is 11.6. The number of hydrogen-bond acceptors (Lipinski definition) is 2. The standard InChI is InChI=1S/C34BF25O2/c36-8-1-2(10(38)20(48)19(8)47)9(37)18(46)17(45)7(1)35(61-33-5(15(43)25(53)29(57)31(33)59)3-11(39)21(49)27(55)22(50)12(3)40)62-34-6(16(44)26(54)30(58)32(34)60)4-13(41)23(51)28(56)24(52)14(4)42. The molecule has 0 aromatic heterocycles. The Morgan fingerprint density at radius 3 is 0.710 bits per heavy atom. The smallest absolute Gasteiger partial charge is 0.519 e. The molecule has 6 aromatic rings. The topological polar surface area (TPSA) is 18.5 Å². The van der Waals surface area contributed by atoms with E-state index in [1.807, 2.05) is 0 Å². The molecule has 0 saturated heterocycles. The second kappa shape index (κ2) is 15.4. The predicted octanol–water partition coefficient (Wildman–Crippen LogP) is 11.5. The van der Waals surface area contributed by atoms with E-state index in [4.69, 9.17) is 0 Å². The van der Waals surface area contributed by atoms with Crippen molar-refractivity contribution in [1.29, 1.82) is 0 Å². The van der Waals surface area contributed by atoms with Crippen molar-refractivity contribution in [2.75, 3.05) is 0 Å². The molecule has 0 spiro atoms. The van der Waals surface area contributed by atoms with Crippen LogP contribution in [0.1, 0.15) is 0 Å². The monoisotopic (exact) mass is 926 g/mol. The summed E-state index contributed by atoms with van der Waals surface area (Å²) in [4.78, 5) is 0. The molecule has 0 saturated carbocycles. The van der Waals surface area contributed by atoms with Gasteiger partial charge in [0.15, 0.2) is 122 Å². The average Bonchev–Trinajstić information content (AvgIpc) is 3.24. The lowest BCUT2D eigenvalue weighted by molar-refractivity contribution is 0.352. The van der Waals surface area contributed by atoms with Crippen LogP contribution >= 0.6 is 0 Å². The molecule has 0 aliphatic carbocycles. The lowest BCUT2D eigenvalue weighted by atomic mass is 9.74. The lowest BCUT2D eigenvalue weighted by Crippen LogP contribution is -2.47. The van der Waals surface area contributed by atoms with Crippen molar-refractivity contribution in [3.63, 3.8) is 0 Å². The third-order valence-corrected chi connectivity index (χ3v) is 8.43. The van der Waals surface area contributed by atoms with Crippen LogP contribution in [0.4, 0.5) is 110 Å². The van der Waals surface area contributed by atoms with E-state index < -0.39 is 203 Å². The van der Waals surface area contributed by atoms with Gasteiger partial charge < -0.3 is 9.31 Å². The third-order valence-electron chi connectivity index (χ3n) is 8.43. The summed E-state index contributed by atoms with van der Waals surface area (Å²) in [5, 5.41) is -5.55. The molecule has 0 unspecified atom stereocenters. The Bertz CT molecular complexity index is 2790. The zero-order valence-electron chi connectivity index (χ0n) is 27.8. The van der Waals surface area contributed by atoms with E-state index >= 15 is 30.7 Å². The van der Waals surface area contributed by atoms with Gasteiger partial charge in [0.1, 0.15) is 0 Å². The number of benzene rings is 6. The fraction of sp³-hybridized carbons (Fsp3) is 0. The molecule has 0 N–H and O–H groups in total. The van der Waals surface area contributed by atoms with Crippen LogP contribution in [0.25, 0.3) is 33.0 Å². The summed E-state index contributed by atoms with van der Waals surface area (Å²) >= 11 is 0. The van der Waals surface area contributed by atoms with Crippen molar-refractivity contribution in [3.8, 4) is 33.8 Å². The Kier molecular flexibility index (Phi) is 11.2. The summed E-state index contributed by atoms with van der Waals surface area (Å²) in [6.45, 7) is 0. The van der Waals surface area contributed by atoms with Crippen LogP contribution < -0.4 is 14.8 Å². The van der Waals surface area contributed by atoms with Gasteiger partial charge in [-0.2, -0.15) is 8.78 Å². The molecular weight excluding hydrogens is 926 g/mol. The predicted molar refractivity (Wildman–Crippen MR) is 153 cm³/mol. The molecule has 28 heteroatoms. The second-order valence-electron chi connectivity index (χ2n) is 11.7. The highest BCUT2D eigenvalue weighted by molar-refractivity contribution is 6.66. The summed E-state index contributed by atoms with van der Waals surface area (Å²) in [5.41, 5.74) is -15.1. The molecule has 0 heterocycles. The van der Waals surface area contributed by atoms with Gasteiger partial charge in [0.25, 0.3) is 0 Å². The van der Waals surface area contributed by atoms with E-state index in [-0.39, 0.29) is 0 Å². The fourth-order valence-corrected chi connectivity index (χ4v) is 5.64. The molecule has 0 aliphatic rings. The van der Waals surface area contributed by atoms with Crippen molar-refractivity contribution in [2.24, 2.45) is 0 Å². The Hall–Kier alpha value is -6.51. The number of halogens is 25. The molecule has 0 amide bonds.